The van der Waals surface area contributed by atoms with E-state index < -0.39 is 35.9 Å². The van der Waals surface area contributed by atoms with E-state index in [1.807, 2.05) is 13.8 Å². The summed E-state index contributed by atoms with van der Waals surface area (Å²) >= 11 is 0. The largest absolute Gasteiger partial charge is 0.508 e. The van der Waals surface area contributed by atoms with Gasteiger partial charge in [-0.1, -0.05) is 13.8 Å². The van der Waals surface area contributed by atoms with Gasteiger partial charge in [-0.05, 0) is 31.9 Å². The van der Waals surface area contributed by atoms with Gasteiger partial charge in [0.25, 0.3) is 0 Å². The van der Waals surface area contributed by atoms with Gasteiger partial charge >= 0.3 is 6.16 Å². The minimum atomic E-state index is -1.59. The summed E-state index contributed by atoms with van der Waals surface area (Å²) < 4.78 is 30.1. The molecule has 2 aliphatic heterocycles. The number of nitrogen functional groups attached to an aromatic ring is 1. The highest BCUT2D eigenvalue weighted by Gasteiger charge is 2.65. The van der Waals surface area contributed by atoms with Crippen LogP contribution < -0.4 is 5.73 Å². The Morgan fingerprint density at radius 1 is 1.32 bits per heavy atom. The van der Waals surface area contributed by atoms with Crippen LogP contribution in [-0.2, 0) is 23.7 Å². The summed E-state index contributed by atoms with van der Waals surface area (Å²) in [6.45, 7) is 7.14. The van der Waals surface area contributed by atoms with Crippen molar-refractivity contribution in [3.05, 3.63) is 24.2 Å². The van der Waals surface area contributed by atoms with Crippen molar-refractivity contribution >= 4 is 17.5 Å². The normalized spacial score (nSPS) is 29.1. The van der Waals surface area contributed by atoms with E-state index in [1.54, 1.807) is 30.5 Å². The van der Waals surface area contributed by atoms with Crippen LogP contribution in [0.4, 0.5) is 10.6 Å². The zero-order chi connectivity index (χ0) is 22.4. The lowest BCUT2D eigenvalue weighted by Gasteiger charge is -2.28. The molecular formula is C20H25N5O6. The molecule has 0 bridgehead atoms. The second kappa shape index (κ2) is 7.64. The molecule has 2 aromatic rings. The van der Waals surface area contributed by atoms with E-state index in [1.165, 1.54) is 6.33 Å². The van der Waals surface area contributed by atoms with E-state index in [0.717, 1.165) is 0 Å². The number of carbonyl (C=O) groups excluding carboxylic acids is 1. The Morgan fingerprint density at radius 3 is 2.81 bits per heavy atom. The molecule has 0 amide bonds. The second-order valence-electron chi connectivity index (χ2n) is 8.50. The van der Waals surface area contributed by atoms with Crippen LogP contribution in [0.25, 0.3) is 5.52 Å². The van der Waals surface area contributed by atoms with Gasteiger partial charge in [-0.2, -0.15) is 10.4 Å². The Morgan fingerprint density at radius 2 is 2.10 bits per heavy atom. The van der Waals surface area contributed by atoms with E-state index in [-0.39, 0.29) is 19.1 Å². The molecule has 0 radical (unpaired) electrons. The van der Waals surface area contributed by atoms with Crippen LogP contribution in [0.15, 0.2) is 18.5 Å². The molecule has 11 nitrogen and oxygen atoms in total. The van der Waals surface area contributed by atoms with Gasteiger partial charge in [-0.3, -0.25) is 0 Å². The lowest BCUT2D eigenvalue weighted by molar-refractivity contribution is -0.205. The number of carbonyl (C=O) groups is 1. The van der Waals surface area contributed by atoms with Gasteiger partial charge in [-0.15, -0.1) is 0 Å². The smallest absolute Gasteiger partial charge is 0.434 e. The van der Waals surface area contributed by atoms with Gasteiger partial charge in [0, 0.05) is 0 Å². The number of nitrogens with two attached hydrogens (primary N) is 1. The van der Waals surface area contributed by atoms with Crippen LogP contribution in [-0.4, -0.2) is 57.6 Å². The summed E-state index contributed by atoms with van der Waals surface area (Å²) in [4.78, 5) is 16.0. The molecule has 0 aliphatic carbocycles. The summed E-state index contributed by atoms with van der Waals surface area (Å²) in [5.74, 6) is -0.500. The van der Waals surface area contributed by atoms with Crippen molar-refractivity contribution in [2.75, 3.05) is 18.9 Å². The monoisotopic (exact) mass is 431 g/mol. The molecule has 2 aromatic heterocycles. The number of aromatic nitrogens is 3. The standard InChI is InChI=1S/C20H25N5O6/c1-11(2)7-27-18(26)28-9-20(8-21)16-15(29-19(3,4)31-16)14(30-20)12-5-6-13-17(22)23-10-24-25(12)13/h5-6,10-11,14-16H,7,9H2,1-4H3,(H2,22,23,24)/t14-,15-,16-,20+/m0/s1. The van der Waals surface area contributed by atoms with Crippen molar-refractivity contribution in [2.45, 2.75) is 57.4 Å². The van der Waals surface area contributed by atoms with E-state index in [2.05, 4.69) is 16.2 Å². The molecule has 0 saturated carbocycles. The molecule has 2 saturated heterocycles. The van der Waals surface area contributed by atoms with Crippen molar-refractivity contribution in [3.63, 3.8) is 0 Å². The summed E-state index contributed by atoms with van der Waals surface area (Å²) in [6, 6.07) is 5.67. The molecule has 0 spiro atoms. The van der Waals surface area contributed by atoms with E-state index >= 15 is 0 Å². The zero-order valence-electron chi connectivity index (χ0n) is 17.8. The average Bonchev–Trinajstić information content (AvgIpc) is 3.36. The van der Waals surface area contributed by atoms with Gasteiger partial charge in [0.15, 0.2) is 11.6 Å². The predicted octanol–water partition coefficient (Wildman–Crippen LogP) is 1.97. The summed E-state index contributed by atoms with van der Waals surface area (Å²) in [5, 5.41) is 14.3. The first-order valence-electron chi connectivity index (χ1n) is 9.98. The Balaban J connectivity index is 1.64. The molecule has 4 rings (SSSR count). The third-order valence-corrected chi connectivity index (χ3v) is 5.16. The van der Waals surface area contributed by atoms with Crippen LogP contribution in [0.1, 0.15) is 39.5 Å². The number of anilines is 1. The SMILES string of the molecule is CC(C)COC(=O)OC[C@@]1(C#N)O[C@@H](c2ccc3c(N)ncnn23)[C@@H]2OC(C)(C)O[C@@H]21. The highest BCUT2D eigenvalue weighted by Crippen LogP contribution is 2.50. The number of hydrogen-bond acceptors (Lipinski definition) is 10. The van der Waals surface area contributed by atoms with Crippen LogP contribution in [0.5, 0.6) is 0 Å². The molecule has 4 heterocycles. The molecule has 2 aliphatic rings. The molecular weight excluding hydrogens is 406 g/mol. The maximum atomic E-state index is 12.0. The van der Waals surface area contributed by atoms with Crippen molar-refractivity contribution in [1.29, 1.82) is 5.26 Å². The Bertz CT molecular complexity index is 1030. The van der Waals surface area contributed by atoms with E-state index in [9.17, 15) is 10.1 Å². The van der Waals surface area contributed by atoms with Crippen molar-refractivity contribution in [1.82, 2.24) is 14.6 Å². The summed E-state index contributed by atoms with van der Waals surface area (Å²) in [6.07, 6.45) is -1.71. The van der Waals surface area contributed by atoms with Gasteiger partial charge < -0.3 is 29.4 Å². The van der Waals surface area contributed by atoms with Crippen LogP contribution in [0.2, 0.25) is 0 Å². The van der Waals surface area contributed by atoms with Crippen LogP contribution in [0.3, 0.4) is 0 Å². The van der Waals surface area contributed by atoms with Gasteiger partial charge in [0.2, 0.25) is 5.60 Å². The lowest BCUT2D eigenvalue weighted by Crippen LogP contribution is -2.46. The minimum Gasteiger partial charge on any atom is -0.434 e. The van der Waals surface area contributed by atoms with Crippen molar-refractivity contribution in [2.24, 2.45) is 5.92 Å². The fourth-order valence-corrected chi connectivity index (χ4v) is 3.83. The van der Waals surface area contributed by atoms with E-state index in [0.29, 0.717) is 17.0 Å². The van der Waals surface area contributed by atoms with E-state index in [4.69, 9.17) is 29.4 Å². The molecule has 31 heavy (non-hydrogen) atoms. The number of nitriles is 1. The average molecular weight is 431 g/mol. The number of nitrogens with zero attached hydrogens (tertiary/aromatic N) is 4. The molecule has 166 valence electrons. The molecule has 2 fully saturated rings. The van der Waals surface area contributed by atoms with Crippen LogP contribution in [0, 0.1) is 17.2 Å². The second-order valence-corrected chi connectivity index (χ2v) is 8.50. The summed E-state index contributed by atoms with van der Waals surface area (Å²) in [5.41, 5.74) is 5.55. The Labute approximate surface area is 179 Å². The zero-order valence-corrected chi connectivity index (χ0v) is 17.8. The quantitative estimate of drug-likeness (QED) is 0.698. The number of fused-ring (bicyclic) bond motifs is 2. The first-order valence-corrected chi connectivity index (χ1v) is 9.98. The third kappa shape index (κ3) is 3.78. The predicted molar refractivity (Wildman–Crippen MR) is 106 cm³/mol. The highest BCUT2D eigenvalue weighted by atomic mass is 16.8. The molecule has 0 unspecified atom stereocenters. The minimum absolute atomic E-state index is 0.151. The Hall–Kier alpha value is -2.94. The number of rotatable bonds is 5. The summed E-state index contributed by atoms with van der Waals surface area (Å²) in [7, 11) is 0. The lowest BCUT2D eigenvalue weighted by atomic mass is 9.96. The molecule has 2 N–H and O–H groups in total. The number of hydrogen-bond donors (Lipinski definition) is 1. The fourth-order valence-electron chi connectivity index (χ4n) is 3.83. The van der Waals surface area contributed by atoms with Crippen LogP contribution >= 0.6 is 0 Å². The first kappa shape index (κ1) is 21.3. The first-order chi connectivity index (χ1) is 14.7. The van der Waals surface area contributed by atoms with Gasteiger partial charge in [0.05, 0.1) is 12.3 Å². The molecule has 11 heteroatoms. The molecule has 4 atom stereocenters. The molecule has 0 aromatic carbocycles. The van der Waals surface area contributed by atoms with Crippen molar-refractivity contribution in [3.8, 4) is 6.07 Å². The van der Waals surface area contributed by atoms with Gasteiger partial charge in [-0.25, -0.2) is 14.3 Å². The fraction of sp³-hybridized carbons (Fsp3) is 0.600. The Kier molecular flexibility index (Phi) is 5.25. The topological polar surface area (TPSA) is 143 Å². The number of ether oxygens (including phenoxy) is 5. The third-order valence-electron chi connectivity index (χ3n) is 5.16. The highest BCUT2D eigenvalue weighted by molar-refractivity contribution is 5.65. The maximum Gasteiger partial charge on any atom is 0.508 e. The maximum absolute atomic E-state index is 12.0. The van der Waals surface area contributed by atoms with Crippen molar-refractivity contribution < 1.29 is 28.5 Å². The van der Waals surface area contributed by atoms with Gasteiger partial charge in [0.1, 0.15) is 42.8 Å².